The second kappa shape index (κ2) is 8.35. The van der Waals surface area contributed by atoms with E-state index in [1.54, 1.807) is 36.2 Å². The highest BCUT2D eigenvalue weighted by Crippen LogP contribution is 2.39. The van der Waals surface area contributed by atoms with Gasteiger partial charge in [-0.05, 0) is 42.0 Å². The Kier molecular flexibility index (Phi) is 5.43. The number of carbonyl (C=O) groups is 2. The van der Waals surface area contributed by atoms with Gasteiger partial charge in [0.25, 0.3) is 17.5 Å². The molecule has 3 aromatic carbocycles. The fraction of sp³-hybridized carbons (Fsp3) is 0.0833. The topological polar surface area (TPSA) is 93.0 Å². The summed E-state index contributed by atoms with van der Waals surface area (Å²) in [6, 6.07) is 21.5. The summed E-state index contributed by atoms with van der Waals surface area (Å²) >= 11 is 0. The molecule has 8 nitrogen and oxygen atoms in total. The molecule has 1 aliphatic heterocycles. The zero-order valence-corrected chi connectivity index (χ0v) is 17.4. The van der Waals surface area contributed by atoms with E-state index in [4.69, 9.17) is 4.74 Å². The van der Waals surface area contributed by atoms with Crippen LogP contribution in [0.1, 0.15) is 5.56 Å². The number of imide groups is 1. The minimum atomic E-state index is -0.536. The summed E-state index contributed by atoms with van der Waals surface area (Å²) in [6.45, 7) is 0. The molecule has 0 aliphatic carbocycles. The van der Waals surface area contributed by atoms with Gasteiger partial charge in [0.2, 0.25) is 0 Å². The number of methoxy groups -OCH3 is 1. The van der Waals surface area contributed by atoms with E-state index in [-0.39, 0.29) is 17.0 Å². The predicted molar refractivity (Wildman–Crippen MR) is 120 cm³/mol. The Morgan fingerprint density at radius 2 is 1.50 bits per heavy atom. The molecule has 0 aromatic heterocycles. The summed E-state index contributed by atoms with van der Waals surface area (Å²) in [5, 5.41) is 11.1. The SMILES string of the molecule is COc1ccccc1N1C(=O)C(c2ccc([N+](=O)[O-])cc2)=C(N(C)c2ccccc2)C1=O. The highest BCUT2D eigenvalue weighted by molar-refractivity contribution is 6.46. The number of rotatable bonds is 6. The van der Waals surface area contributed by atoms with E-state index in [0.29, 0.717) is 22.7 Å². The standard InChI is InChI=1S/C24H19N3O5/c1-25(17-8-4-3-5-9-17)22-21(16-12-14-18(15-13-16)27(30)31)23(28)26(24(22)29)19-10-6-7-11-20(19)32-2/h3-15H,1-2H3. The molecular weight excluding hydrogens is 410 g/mol. The number of hydrogen-bond donors (Lipinski definition) is 0. The van der Waals surface area contributed by atoms with Crippen LogP contribution in [-0.4, -0.2) is 30.9 Å². The quantitative estimate of drug-likeness (QED) is 0.334. The van der Waals surface area contributed by atoms with Crippen molar-refractivity contribution in [2.24, 2.45) is 0 Å². The van der Waals surface area contributed by atoms with Crippen molar-refractivity contribution in [2.45, 2.75) is 0 Å². The van der Waals surface area contributed by atoms with Crippen LogP contribution in [0.4, 0.5) is 17.1 Å². The Bertz CT molecular complexity index is 1240. The minimum absolute atomic E-state index is 0.106. The Morgan fingerprint density at radius 1 is 0.875 bits per heavy atom. The van der Waals surface area contributed by atoms with E-state index in [1.165, 1.54) is 31.4 Å². The lowest BCUT2D eigenvalue weighted by atomic mass is 10.0. The second-order valence-electron chi connectivity index (χ2n) is 7.04. The van der Waals surface area contributed by atoms with Crippen LogP contribution >= 0.6 is 0 Å². The van der Waals surface area contributed by atoms with Gasteiger partial charge in [-0.25, -0.2) is 4.90 Å². The smallest absolute Gasteiger partial charge is 0.282 e. The van der Waals surface area contributed by atoms with Gasteiger partial charge in [0.1, 0.15) is 11.4 Å². The number of likely N-dealkylation sites (N-methyl/N-ethyl adjacent to an activating group) is 1. The first-order chi connectivity index (χ1) is 15.4. The molecule has 0 unspecified atom stereocenters. The van der Waals surface area contributed by atoms with Crippen LogP contribution in [-0.2, 0) is 9.59 Å². The first-order valence-corrected chi connectivity index (χ1v) is 9.73. The first-order valence-electron chi connectivity index (χ1n) is 9.73. The van der Waals surface area contributed by atoms with Gasteiger partial charge in [-0.2, -0.15) is 0 Å². The van der Waals surface area contributed by atoms with Crippen LogP contribution in [0.15, 0.2) is 84.6 Å². The molecule has 2 amide bonds. The summed E-state index contributed by atoms with van der Waals surface area (Å²) in [5.74, 6) is -0.675. The number of para-hydroxylation sites is 3. The summed E-state index contributed by atoms with van der Waals surface area (Å²) in [7, 11) is 3.17. The second-order valence-corrected chi connectivity index (χ2v) is 7.04. The Hall–Kier alpha value is -4.46. The van der Waals surface area contributed by atoms with E-state index in [0.717, 1.165) is 4.90 Å². The number of benzene rings is 3. The molecule has 0 bridgehead atoms. The molecule has 0 N–H and O–H groups in total. The van der Waals surface area contributed by atoms with Gasteiger partial charge >= 0.3 is 0 Å². The number of anilines is 2. The van der Waals surface area contributed by atoms with Crippen LogP contribution < -0.4 is 14.5 Å². The number of ether oxygens (including phenoxy) is 1. The average Bonchev–Trinajstić information content (AvgIpc) is 3.08. The summed E-state index contributed by atoms with van der Waals surface area (Å²) in [4.78, 5) is 40.4. The number of hydrogen-bond acceptors (Lipinski definition) is 6. The van der Waals surface area contributed by atoms with Crippen molar-refractivity contribution in [3.05, 3.63) is 100 Å². The van der Waals surface area contributed by atoms with Crippen LogP contribution in [0.25, 0.3) is 5.57 Å². The van der Waals surface area contributed by atoms with Crippen molar-refractivity contribution in [3.63, 3.8) is 0 Å². The van der Waals surface area contributed by atoms with Gasteiger partial charge in [-0.3, -0.25) is 19.7 Å². The Morgan fingerprint density at radius 3 is 2.12 bits per heavy atom. The van der Waals surface area contributed by atoms with Gasteiger partial charge in [0.15, 0.2) is 0 Å². The van der Waals surface area contributed by atoms with Crippen molar-refractivity contribution < 1.29 is 19.2 Å². The lowest BCUT2D eigenvalue weighted by Crippen LogP contribution is -2.34. The molecule has 160 valence electrons. The summed E-state index contributed by atoms with van der Waals surface area (Å²) in [5.41, 5.74) is 1.66. The van der Waals surface area contributed by atoms with Crippen LogP contribution in [0.2, 0.25) is 0 Å². The molecule has 32 heavy (non-hydrogen) atoms. The molecule has 3 aromatic rings. The van der Waals surface area contributed by atoms with Gasteiger partial charge in [0, 0.05) is 24.9 Å². The number of amides is 2. The number of nitrogens with zero attached hydrogens (tertiary/aromatic N) is 3. The molecule has 0 saturated carbocycles. The lowest BCUT2D eigenvalue weighted by molar-refractivity contribution is -0.384. The number of nitro groups is 1. The molecule has 0 saturated heterocycles. The number of carbonyl (C=O) groups excluding carboxylic acids is 2. The van der Waals surface area contributed by atoms with Crippen molar-refractivity contribution in [3.8, 4) is 5.75 Å². The zero-order chi connectivity index (χ0) is 22.8. The molecule has 8 heteroatoms. The third-order valence-corrected chi connectivity index (χ3v) is 5.23. The molecule has 0 spiro atoms. The molecule has 0 atom stereocenters. The average molecular weight is 429 g/mol. The number of nitro benzene ring substituents is 1. The molecule has 4 rings (SSSR count). The van der Waals surface area contributed by atoms with Crippen LogP contribution in [0, 0.1) is 10.1 Å². The van der Waals surface area contributed by atoms with Crippen molar-refractivity contribution in [1.82, 2.24) is 0 Å². The normalized spacial score (nSPS) is 13.5. The Balaban J connectivity index is 1.89. The van der Waals surface area contributed by atoms with Gasteiger partial charge in [0.05, 0.1) is 23.3 Å². The van der Waals surface area contributed by atoms with E-state index < -0.39 is 16.7 Å². The minimum Gasteiger partial charge on any atom is -0.495 e. The number of non-ortho nitro benzene ring substituents is 1. The van der Waals surface area contributed by atoms with E-state index >= 15 is 0 Å². The maximum Gasteiger partial charge on any atom is 0.282 e. The maximum absolute atomic E-state index is 13.6. The highest BCUT2D eigenvalue weighted by atomic mass is 16.6. The maximum atomic E-state index is 13.6. The lowest BCUT2D eigenvalue weighted by Gasteiger charge is -2.22. The third kappa shape index (κ3) is 3.47. The van der Waals surface area contributed by atoms with Crippen molar-refractivity contribution in [1.29, 1.82) is 0 Å². The van der Waals surface area contributed by atoms with E-state index in [1.807, 2.05) is 30.3 Å². The van der Waals surface area contributed by atoms with Gasteiger partial charge in [-0.15, -0.1) is 0 Å². The predicted octanol–water partition coefficient (Wildman–Crippen LogP) is 4.02. The first kappa shape index (κ1) is 20.8. The van der Waals surface area contributed by atoms with Crippen LogP contribution in [0.3, 0.4) is 0 Å². The molecular formula is C24H19N3O5. The van der Waals surface area contributed by atoms with Crippen LogP contribution in [0.5, 0.6) is 5.75 Å². The Labute approximate surface area is 184 Å². The summed E-state index contributed by atoms with van der Waals surface area (Å²) < 4.78 is 5.36. The fourth-order valence-electron chi connectivity index (χ4n) is 3.65. The van der Waals surface area contributed by atoms with Crippen molar-refractivity contribution >= 4 is 34.4 Å². The monoisotopic (exact) mass is 429 g/mol. The van der Waals surface area contributed by atoms with E-state index in [9.17, 15) is 19.7 Å². The van der Waals surface area contributed by atoms with Gasteiger partial charge < -0.3 is 9.64 Å². The highest BCUT2D eigenvalue weighted by Gasteiger charge is 2.43. The zero-order valence-electron chi connectivity index (χ0n) is 17.4. The fourth-order valence-corrected chi connectivity index (χ4v) is 3.65. The molecule has 1 heterocycles. The molecule has 1 aliphatic rings. The largest absolute Gasteiger partial charge is 0.495 e. The van der Waals surface area contributed by atoms with Crippen molar-refractivity contribution in [2.75, 3.05) is 24.0 Å². The third-order valence-electron chi connectivity index (χ3n) is 5.23. The van der Waals surface area contributed by atoms with Gasteiger partial charge in [-0.1, -0.05) is 30.3 Å². The molecule has 0 radical (unpaired) electrons. The summed E-state index contributed by atoms with van der Waals surface area (Å²) in [6.07, 6.45) is 0. The van der Waals surface area contributed by atoms with E-state index in [2.05, 4.69) is 0 Å². The molecule has 0 fully saturated rings.